The highest BCUT2D eigenvalue weighted by Gasteiger charge is 2.12. The fraction of sp³-hybridized carbons (Fsp3) is 0.0435. The molecule has 0 saturated heterocycles. The number of allylic oxidation sites excluding steroid dienone is 1. The lowest BCUT2D eigenvalue weighted by Crippen LogP contribution is -1.89. The molecule has 0 atom stereocenters. The molecule has 0 heterocycles. The Bertz CT molecular complexity index is 1050. The Kier molecular flexibility index (Phi) is 3.87. The summed E-state index contributed by atoms with van der Waals surface area (Å²) in [5, 5.41) is 5.12. The monoisotopic (exact) mass is 326 g/mol. The van der Waals surface area contributed by atoms with E-state index in [0.29, 0.717) is 0 Å². The Morgan fingerprint density at radius 1 is 0.792 bits per heavy atom. The van der Waals surface area contributed by atoms with Crippen molar-refractivity contribution in [2.75, 3.05) is 0 Å². The summed E-state index contributed by atoms with van der Waals surface area (Å²) in [7, 11) is 0. The normalized spacial score (nSPS) is 11.0. The molecule has 116 valence electrons. The smallest absolute Gasteiger partial charge is 0.0207 e. The Hall–Kier alpha value is -2.51. The van der Waals surface area contributed by atoms with Gasteiger partial charge in [-0.15, -0.1) is 0 Å². The van der Waals surface area contributed by atoms with Gasteiger partial charge in [0.25, 0.3) is 0 Å². The lowest BCUT2D eigenvalue weighted by molar-refractivity contribution is 1.43. The maximum Gasteiger partial charge on any atom is 0.0207 e. The first kappa shape index (κ1) is 15.0. The van der Waals surface area contributed by atoms with Crippen molar-refractivity contribution in [3.05, 3.63) is 91.0 Å². The first-order valence-corrected chi connectivity index (χ1v) is 8.89. The summed E-state index contributed by atoms with van der Waals surface area (Å²) in [5.41, 5.74) is 2.38. The summed E-state index contributed by atoms with van der Waals surface area (Å²) in [5.74, 6) is 0. The fourth-order valence-corrected chi connectivity index (χ4v) is 4.25. The fourth-order valence-electron chi connectivity index (χ4n) is 3.23. The molecule has 1 heteroatoms. The molecular weight excluding hydrogens is 308 g/mol. The zero-order chi connectivity index (χ0) is 16.5. The number of hydrogen-bond acceptors (Lipinski definition) is 1. The average molecular weight is 326 g/mol. The summed E-state index contributed by atoms with van der Waals surface area (Å²) in [6.07, 6.45) is 0. The number of hydrogen-bond donors (Lipinski definition) is 0. The van der Waals surface area contributed by atoms with E-state index in [-0.39, 0.29) is 0 Å². The zero-order valence-corrected chi connectivity index (χ0v) is 14.4. The van der Waals surface area contributed by atoms with Gasteiger partial charge in [-0.25, -0.2) is 0 Å². The lowest BCUT2D eigenvalue weighted by atomic mass is 9.93. The minimum Gasteiger partial charge on any atom is -0.0955 e. The van der Waals surface area contributed by atoms with Gasteiger partial charge in [0.15, 0.2) is 0 Å². The van der Waals surface area contributed by atoms with Crippen molar-refractivity contribution in [3.63, 3.8) is 0 Å². The van der Waals surface area contributed by atoms with Crippen LogP contribution in [0.3, 0.4) is 0 Å². The molecule has 0 unspecified atom stereocenters. The van der Waals surface area contributed by atoms with E-state index in [1.807, 2.05) is 11.8 Å². The molecule has 0 N–H and O–H groups in total. The molecule has 0 aliphatic carbocycles. The summed E-state index contributed by atoms with van der Waals surface area (Å²) in [4.78, 5) is 2.54. The molecule has 0 spiro atoms. The number of fused-ring (bicyclic) bond motifs is 2. The predicted molar refractivity (Wildman–Crippen MR) is 107 cm³/mol. The van der Waals surface area contributed by atoms with Crippen molar-refractivity contribution in [2.45, 2.75) is 16.7 Å². The molecule has 0 bridgehead atoms. The van der Waals surface area contributed by atoms with E-state index in [2.05, 4.69) is 92.4 Å². The van der Waals surface area contributed by atoms with Gasteiger partial charge >= 0.3 is 0 Å². The highest BCUT2D eigenvalue weighted by molar-refractivity contribution is 7.99. The van der Waals surface area contributed by atoms with Gasteiger partial charge in [-0.3, -0.25) is 0 Å². The molecule has 0 fully saturated rings. The third-order valence-electron chi connectivity index (χ3n) is 4.25. The third-order valence-corrected chi connectivity index (χ3v) is 5.32. The molecule has 4 aromatic rings. The molecule has 0 radical (unpaired) electrons. The standard InChI is InChI=1S/C23H18S/c1-16(2)22-20-13-7-6-9-17(20)15-18-10-8-14-21(23(18)22)24-19-11-4-3-5-12-19/h3-15H,1H2,2H3. The van der Waals surface area contributed by atoms with Crippen LogP contribution in [0.4, 0.5) is 0 Å². The van der Waals surface area contributed by atoms with Crippen molar-refractivity contribution in [2.24, 2.45) is 0 Å². The Balaban J connectivity index is 2.05. The third kappa shape index (κ3) is 2.61. The Morgan fingerprint density at radius 2 is 1.50 bits per heavy atom. The summed E-state index contributed by atoms with van der Waals surface area (Å²) >= 11 is 1.82. The van der Waals surface area contributed by atoms with Crippen LogP contribution in [0.15, 0.2) is 95.2 Å². The highest BCUT2D eigenvalue weighted by Crippen LogP contribution is 2.40. The van der Waals surface area contributed by atoms with E-state index >= 15 is 0 Å². The quantitative estimate of drug-likeness (QED) is 0.359. The summed E-state index contributed by atoms with van der Waals surface area (Å²) in [6, 6.07) is 28.0. The van der Waals surface area contributed by atoms with Crippen LogP contribution < -0.4 is 0 Å². The largest absolute Gasteiger partial charge is 0.0955 e. The van der Waals surface area contributed by atoms with Crippen LogP contribution in [0.25, 0.3) is 27.1 Å². The Labute approximate surface area is 146 Å². The highest BCUT2D eigenvalue weighted by atomic mass is 32.2. The van der Waals surface area contributed by atoms with Gasteiger partial charge in [0.05, 0.1) is 0 Å². The van der Waals surface area contributed by atoms with Gasteiger partial charge in [-0.1, -0.05) is 72.9 Å². The Morgan fingerprint density at radius 3 is 2.29 bits per heavy atom. The van der Waals surface area contributed by atoms with Crippen LogP contribution in [-0.4, -0.2) is 0 Å². The first-order chi connectivity index (χ1) is 11.7. The van der Waals surface area contributed by atoms with Crippen LogP contribution in [0, 0.1) is 0 Å². The van der Waals surface area contributed by atoms with Crippen molar-refractivity contribution >= 4 is 38.9 Å². The van der Waals surface area contributed by atoms with Crippen molar-refractivity contribution in [3.8, 4) is 0 Å². The van der Waals surface area contributed by atoms with E-state index in [4.69, 9.17) is 0 Å². The van der Waals surface area contributed by atoms with Crippen molar-refractivity contribution < 1.29 is 0 Å². The van der Waals surface area contributed by atoms with Gasteiger partial charge in [-0.2, -0.15) is 0 Å². The van der Waals surface area contributed by atoms with E-state index in [9.17, 15) is 0 Å². The van der Waals surface area contributed by atoms with Crippen molar-refractivity contribution in [1.82, 2.24) is 0 Å². The number of benzene rings is 4. The lowest BCUT2D eigenvalue weighted by Gasteiger charge is -2.15. The van der Waals surface area contributed by atoms with Gasteiger partial charge in [0.2, 0.25) is 0 Å². The van der Waals surface area contributed by atoms with Gasteiger partial charge in [0.1, 0.15) is 0 Å². The van der Waals surface area contributed by atoms with Gasteiger partial charge < -0.3 is 0 Å². The second-order valence-corrected chi connectivity index (χ2v) is 7.14. The SMILES string of the molecule is C=C(C)c1c2ccccc2cc2cccc(Sc3ccccc3)c12. The van der Waals surface area contributed by atoms with Crippen LogP contribution in [-0.2, 0) is 0 Å². The summed E-state index contributed by atoms with van der Waals surface area (Å²) < 4.78 is 0. The second-order valence-electron chi connectivity index (χ2n) is 6.02. The zero-order valence-electron chi connectivity index (χ0n) is 13.6. The van der Waals surface area contributed by atoms with E-state index in [0.717, 1.165) is 5.57 Å². The molecule has 0 aliphatic heterocycles. The van der Waals surface area contributed by atoms with Crippen molar-refractivity contribution in [1.29, 1.82) is 0 Å². The molecule has 0 saturated carbocycles. The maximum atomic E-state index is 4.26. The van der Waals surface area contributed by atoms with Crippen LogP contribution in [0.2, 0.25) is 0 Å². The first-order valence-electron chi connectivity index (χ1n) is 8.07. The van der Waals surface area contributed by atoms with E-state index in [1.165, 1.54) is 36.9 Å². The topological polar surface area (TPSA) is 0 Å². The average Bonchev–Trinajstić information content (AvgIpc) is 2.60. The van der Waals surface area contributed by atoms with E-state index < -0.39 is 0 Å². The number of rotatable bonds is 3. The van der Waals surface area contributed by atoms with Gasteiger partial charge in [0, 0.05) is 15.2 Å². The molecule has 24 heavy (non-hydrogen) atoms. The van der Waals surface area contributed by atoms with E-state index in [1.54, 1.807) is 0 Å². The van der Waals surface area contributed by atoms with Crippen LogP contribution in [0.5, 0.6) is 0 Å². The van der Waals surface area contributed by atoms with Crippen LogP contribution in [0.1, 0.15) is 12.5 Å². The van der Waals surface area contributed by atoms with Crippen LogP contribution >= 0.6 is 11.8 Å². The van der Waals surface area contributed by atoms with Gasteiger partial charge in [-0.05, 0) is 58.5 Å². The molecule has 4 aromatic carbocycles. The maximum absolute atomic E-state index is 4.26. The molecule has 0 nitrogen and oxygen atoms in total. The molecular formula is C23H18S. The molecule has 0 amide bonds. The minimum absolute atomic E-state index is 1.11. The molecule has 0 aliphatic rings. The minimum atomic E-state index is 1.11. The predicted octanol–water partition coefficient (Wildman–Crippen LogP) is 7.18. The molecule has 0 aromatic heterocycles. The second kappa shape index (κ2) is 6.18. The summed E-state index contributed by atoms with van der Waals surface area (Å²) in [6.45, 7) is 6.37. The molecule has 4 rings (SSSR count).